The van der Waals surface area contributed by atoms with Crippen molar-refractivity contribution in [3.63, 3.8) is 0 Å². The van der Waals surface area contributed by atoms with E-state index in [1.165, 1.54) is 6.07 Å². The molecule has 1 atom stereocenters. The van der Waals surface area contributed by atoms with E-state index in [9.17, 15) is 13.2 Å². The number of imidazole rings is 1. The lowest BCUT2D eigenvalue weighted by Crippen LogP contribution is -2.19. The molecule has 1 fully saturated rings. The summed E-state index contributed by atoms with van der Waals surface area (Å²) in [5.41, 5.74) is 1.82. The van der Waals surface area contributed by atoms with Crippen LogP contribution in [0.15, 0.2) is 36.5 Å². The minimum atomic E-state index is -0.804. The van der Waals surface area contributed by atoms with Gasteiger partial charge in [-0.2, -0.15) is 0 Å². The average Bonchev–Trinajstić information content (AvgIpc) is 3.24. The summed E-state index contributed by atoms with van der Waals surface area (Å²) in [5, 5.41) is 0.731. The lowest BCUT2D eigenvalue weighted by molar-refractivity contribution is 0.284. The minimum Gasteiger partial charge on any atom is -0.340 e. The van der Waals surface area contributed by atoms with Crippen molar-refractivity contribution in [2.24, 2.45) is 5.92 Å². The van der Waals surface area contributed by atoms with Gasteiger partial charge in [-0.15, -0.1) is 0 Å². The molecule has 2 aromatic carbocycles. The van der Waals surface area contributed by atoms with Crippen LogP contribution < -0.4 is 0 Å². The van der Waals surface area contributed by atoms with Crippen LogP contribution in [0, 0.1) is 23.4 Å². The number of aromatic amines is 1. The van der Waals surface area contributed by atoms with Gasteiger partial charge in [0, 0.05) is 29.1 Å². The van der Waals surface area contributed by atoms with Crippen LogP contribution in [0.1, 0.15) is 55.8 Å². The Balaban J connectivity index is 1.38. The summed E-state index contributed by atoms with van der Waals surface area (Å²) in [7, 11) is 0. The van der Waals surface area contributed by atoms with Crippen molar-refractivity contribution >= 4 is 33.5 Å². The quantitative estimate of drug-likeness (QED) is 0.338. The highest BCUT2D eigenvalue weighted by atomic mass is 35.5. The van der Waals surface area contributed by atoms with Gasteiger partial charge < -0.3 is 4.98 Å². The smallest absolute Gasteiger partial charge is 0.154 e. The zero-order valence-electron chi connectivity index (χ0n) is 16.9. The van der Waals surface area contributed by atoms with E-state index in [1.807, 2.05) is 19.1 Å². The molecule has 0 spiro atoms. The fraction of sp³-hybridized carbons (Fsp3) is 0.333. The third kappa shape index (κ3) is 3.47. The van der Waals surface area contributed by atoms with Gasteiger partial charge >= 0.3 is 0 Å². The van der Waals surface area contributed by atoms with Crippen molar-refractivity contribution in [2.75, 3.05) is 0 Å². The molecule has 1 aliphatic carbocycles. The molecule has 31 heavy (non-hydrogen) atoms. The van der Waals surface area contributed by atoms with E-state index in [-0.39, 0.29) is 33.7 Å². The molecule has 0 unspecified atom stereocenters. The molecule has 4 aromatic rings. The molecule has 1 saturated carbocycles. The van der Waals surface area contributed by atoms with Crippen LogP contribution in [0.2, 0.25) is 5.02 Å². The topological polar surface area (TPSA) is 41.6 Å². The largest absolute Gasteiger partial charge is 0.340 e. The van der Waals surface area contributed by atoms with E-state index in [1.54, 1.807) is 12.3 Å². The number of fused-ring (bicyclic) bond motifs is 2. The standard InChI is InChI=1S/C24H21ClF3N3/c1-12(24-30-22-18(28)11-17(27)21(25)23(22)31-24)13-4-6-14(7-5-13)20-15-3-2-10-29-19(15)9-8-16(20)26/h2-3,8-14H,4-7H2,1H3,(H,30,31)/t12-,13?,14?/m1/s1. The van der Waals surface area contributed by atoms with Gasteiger partial charge in [-0.3, -0.25) is 4.98 Å². The molecule has 0 bridgehead atoms. The number of hydrogen-bond donors (Lipinski definition) is 1. The van der Waals surface area contributed by atoms with Crippen LogP contribution in [0.25, 0.3) is 21.9 Å². The maximum atomic E-state index is 14.7. The van der Waals surface area contributed by atoms with E-state index in [2.05, 4.69) is 15.0 Å². The molecule has 0 radical (unpaired) electrons. The van der Waals surface area contributed by atoms with Gasteiger partial charge in [0.05, 0.1) is 11.0 Å². The summed E-state index contributed by atoms with van der Waals surface area (Å²) in [5.74, 6) is -0.651. The lowest BCUT2D eigenvalue weighted by Gasteiger charge is -2.32. The van der Waals surface area contributed by atoms with Crippen LogP contribution in [-0.2, 0) is 0 Å². The van der Waals surface area contributed by atoms with E-state index in [4.69, 9.17) is 11.6 Å². The molecule has 2 heterocycles. The number of nitrogens with one attached hydrogen (secondary N) is 1. The number of pyridine rings is 1. The van der Waals surface area contributed by atoms with E-state index < -0.39 is 11.6 Å². The Labute approximate surface area is 182 Å². The van der Waals surface area contributed by atoms with Gasteiger partial charge in [0.2, 0.25) is 0 Å². The molecule has 2 aromatic heterocycles. The molecule has 0 saturated heterocycles. The summed E-state index contributed by atoms with van der Waals surface area (Å²) < 4.78 is 42.6. The van der Waals surface area contributed by atoms with E-state index in [0.29, 0.717) is 11.7 Å². The third-order valence-electron chi connectivity index (χ3n) is 6.72. The average molecular weight is 444 g/mol. The molecule has 1 N–H and O–H groups in total. The predicted molar refractivity (Wildman–Crippen MR) is 116 cm³/mol. The maximum Gasteiger partial charge on any atom is 0.154 e. The Kier molecular flexibility index (Phi) is 5.13. The molecule has 1 aliphatic rings. The van der Waals surface area contributed by atoms with Gasteiger partial charge in [0.15, 0.2) is 5.82 Å². The number of benzene rings is 2. The molecular formula is C24H21ClF3N3. The van der Waals surface area contributed by atoms with Crippen LogP contribution >= 0.6 is 11.6 Å². The van der Waals surface area contributed by atoms with Crippen molar-refractivity contribution in [3.05, 3.63) is 70.4 Å². The van der Waals surface area contributed by atoms with Crippen LogP contribution in [0.3, 0.4) is 0 Å². The number of aromatic nitrogens is 3. The summed E-state index contributed by atoms with van der Waals surface area (Å²) >= 11 is 6.00. The van der Waals surface area contributed by atoms with Crippen LogP contribution in [0.4, 0.5) is 13.2 Å². The van der Waals surface area contributed by atoms with Gasteiger partial charge in [-0.1, -0.05) is 24.6 Å². The zero-order valence-corrected chi connectivity index (χ0v) is 17.7. The molecular weight excluding hydrogens is 423 g/mol. The molecule has 0 aliphatic heterocycles. The Morgan fingerprint density at radius 1 is 1.03 bits per heavy atom. The van der Waals surface area contributed by atoms with Crippen LogP contribution in [-0.4, -0.2) is 15.0 Å². The Hall–Kier alpha value is -2.60. The van der Waals surface area contributed by atoms with E-state index in [0.717, 1.165) is 48.2 Å². The lowest BCUT2D eigenvalue weighted by atomic mass is 9.73. The summed E-state index contributed by atoms with van der Waals surface area (Å²) in [6.45, 7) is 2.04. The second-order valence-corrected chi connectivity index (χ2v) is 8.81. The summed E-state index contributed by atoms with van der Waals surface area (Å²) in [4.78, 5) is 11.8. The monoisotopic (exact) mass is 443 g/mol. The predicted octanol–water partition coefficient (Wildman–Crippen LogP) is 7.26. The second kappa shape index (κ2) is 7.83. The van der Waals surface area contributed by atoms with Crippen LogP contribution in [0.5, 0.6) is 0 Å². The third-order valence-corrected chi connectivity index (χ3v) is 7.09. The molecule has 160 valence electrons. The first-order valence-corrected chi connectivity index (χ1v) is 10.9. The Bertz CT molecular complexity index is 1280. The first kappa shape index (κ1) is 20.3. The SMILES string of the molecule is C[C@@H](c1nc2c(F)cc(F)c(Cl)c2[nH]1)C1CCC(c2c(F)ccc3ncccc23)CC1. The van der Waals surface area contributed by atoms with Gasteiger partial charge in [-0.25, -0.2) is 18.2 Å². The Morgan fingerprint density at radius 3 is 2.58 bits per heavy atom. The number of H-pyrrole nitrogens is 1. The fourth-order valence-corrected chi connectivity index (χ4v) is 5.19. The van der Waals surface area contributed by atoms with Crippen molar-refractivity contribution < 1.29 is 13.2 Å². The van der Waals surface area contributed by atoms with Crippen molar-refractivity contribution in [1.29, 1.82) is 0 Å². The zero-order chi connectivity index (χ0) is 21.7. The van der Waals surface area contributed by atoms with E-state index >= 15 is 0 Å². The highest BCUT2D eigenvalue weighted by Crippen LogP contribution is 2.44. The molecule has 5 rings (SSSR count). The highest BCUT2D eigenvalue weighted by molar-refractivity contribution is 6.35. The number of halogens is 4. The Morgan fingerprint density at radius 2 is 1.81 bits per heavy atom. The number of hydrogen-bond acceptors (Lipinski definition) is 2. The minimum absolute atomic E-state index is 0.0194. The summed E-state index contributed by atoms with van der Waals surface area (Å²) in [6, 6.07) is 7.76. The van der Waals surface area contributed by atoms with Crippen molar-refractivity contribution in [1.82, 2.24) is 15.0 Å². The van der Waals surface area contributed by atoms with Gasteiger partial charge in [0.25, 0.3) is 0 Å². The van der Waals surface area contributed by atoms with Gasteiger partial charge in [0.1, 0.15) is 28.0 Å². The molecule has 0 amide bonds. The number of nitrogens with zero attached hydrogens (tertiary/aromatic N) is 2. The molecule has 3 nitrogen and oxygen atoms in total. The first-order chi connectivity index (χ1) is 14.9. The first-order valence-electron chi connectivity index (χ1n) is 10.5. The fourth-order valence-electron chi connectivity index (χ4n) is 5.00. The van der Waals surface area contributed by atoms with Gasteiger partial charge in [-0.05, 0) is 55.7 Å². The normalized spacial score (nSPS) is 20.4. The summed E-state index contributed by atoms with van der Waals surface area (Å²) in [6.07, 6.45) is 5.21. The van der Waals surface area contributed by atoms with Crippen molar-refractivity contribution in [3.8, 4) is 0 Å². The van der Waals surface area contributed by atoms with Crippen molar-refractivity contribution in [2.45, 2.75) is 44.4 Å². The highest BCUT2D eigenvalue weighted by Gasteiger charge is 2.31. The second-order valence-electron chi connectivity index (χ2n) is 8.43. The maximum absolute atomic E-state index is 14.7. The molecule has 7 heteroatoms. The number of rotatable bonds is 3.